The molecule has 2 amide bonds. The van der Waals surface area contributed by atoms with E-state index in [-0.39, 0.29) is 18.5 Å². The molecule has 0 unspecified atom stereocenters. The molecule has 0 aliphatic heterocycles. The Labute approximate surface area is 135 Å². The first kappa shape index (κ1) is 18.3. The number of hydrogen-bond donors (Lipinski definition) is 3. The summed E-state index contributed by atoms with van der Waals surface area (Å²) in [6.45, 7) is 4.49. The van der Waals surface area contributed by atoms with Gasteiger partial charge >= 0.3 is 0 Å². The molecule has 0 aliphatic rings. The second-order valence-electron chi connectivity index (χ2n) is 5.04. The van der Waals surface area contributed by atoms with Crippen molar-refractivity contribution in [3.8, 4) is 5.75 Å². The highest BCUT2D eigenvalue weighted by Gasteiger charge is 2.14. The molecule has 4 N–H and O–H groups in total. The van der Waals surface area contributed by atoms with Gasteiger partial charge in [0.25, 0.3) is 5.91 Å². The zero-order valence-electron chi connectivity index (χ0n) is 12.8. The first-order valence-electron chi connectivity index (χ1n) is 7.14. The van der Waals surface area contributed by atoms with Crippen LogP contribution in [0.4, 0.5) is 0 Å². The molecule has 7 heteroatoms. The van der Waals surface area contributed by atoms with Gasteiger partial charge < -0.3 is 21.1 Å². The molecule has 0 saturated carbocycles. The first-order valence-corrected chi connectivity index (χ1v) is 7.51. The highest BCUT2D eigenvalue weighted by Crippen LogP contribution is 2.23. The van der Waals surface area contributed by atoms with Gasteiger partial charge in [-0.05, 0) is 45.0 Å². The standard InChI is InChI=1S/C15H22ClN3O3/c1-10(2)19-14(20)9-18-15(21)12-5-4-11(16)8-13(12)22-7-3-6-17/h4-5,8,10H,3,6-7,9,17H2,1-2H3,(H,18,21)(H,19,20). The molecule has 1 aromatic rings. The van der Waals surface area contributed by atoms with Crippen molar-refractivity contribution in [3.63, 3.8) is 0 Å². The first-order chi connectivity index (χ1) is 10.4. The van der Waals surface area contributed by atoms with Gasteiger partial charge in [-0.1, -0.05) is 11.6 Å². The molecule has 6 nitrogen and oxygen atoms in total. The fourth-order valence-corrected chi connectivity index (χ4v) is 1.86. The molecule has 0 spiro atoms. The topological polar surface area (TPSA) is 93.5 Å². The summed E-state index contributed by atoms with van der Waals surface area (Å²) < 4.78 is 5.53. The van der Waals surface area contributed by atoms with E-state index in [4.69, 9.17) is 22.1 Å². The lowest BCUT2D eigenvalue weighted by Gasteiger charge is -2.13. The summed E-state index contributed by atoms with van der Waals surface area (Å²) in [7, 11) is 0. The molecule has 0 aliphatic carbocycles. The maximum atomic E-state index is 12.2. The van der Waals surface area contributed by atoms with Crippen LogP contribution in [0.2, 0.25) is 5.02 Å². The predicted molar refractivity (Wildman–Crippen MR) is 86.2 cm³/mol. The molecule has 122 valence electrons. The van der Waals surface area contributed by atoms with E-state index < -0.39 is 5.91 Å². The average molecular weight is 328 g/mol. The van der Waals surface area contributed by atoms with Crippen molar-refractivity contribution in [2.45, 2.75) is 26.3 Å². The third-order valence-electron chi connectivity index (χ3n) is 2.65. The number of ether oxygens (including phenoxy) is 1. The van der Waals surface area contributed by atoms with Gasteiger partial charge in [-0.3, -0.25) is 9.59 Å². The number of halogens is 1. The van der Waals surface area contributed by atoms with Crippen molar-refractivity contribution < 1.29 is 14.3 Å². The minimum absolute atomic E-state index is 0.0232. The minimum atomic E-state index is -0.390. The zero-order chi connectivity index (χ0) is 16.5. The van der Waals surface area contributed by atoms with Crippen LogP contribution < -0.4 is 21.1 Å². The number of hydrogen-bond acceptors (Lipinski definition) is 4. The fourth-order valence-electron chi connectivity index (χ4n) is 1.70. The monoisotopic (exact) mass is 327 g/mol. The van der Waals surface area contributed by atoms with Crippen molar-refractivity contribution in [1.29, 1.82) is 0 Å². The summed E-state index contributed by atoms with van der Waals surface area (Å²) in [4.78, 5) is 23.7. The maximum Gasteiger partial charge on any atom is 0.255 e. The highest BCUT2D eigenvalue weighted by molar-refractivity contribution is 6.30. The quantitative estimate of drug-likeness (QED) is 0.628. The predicted octanol–water partition coefficient (Wildman–Crippen LogP) is 1.32. The molecular weight excluding hydrogens is 306 g/mol. The molecule has 0 saturated heterocycles. The number of carbonyl (C=O) groups is 2. The van der Waals surface area contributed by atoms with Crippen LogP contribution in [0, 0.1) is 0 Å². The van der Waals surface area contributed by atoms with Gasteiger partial charge in [0.1, 0.15) is 5.75 Å². The number of rotatable bonds is 8. The Hall–Kier alpha value is -1.79. The second kappa shape index (κ2) is 9.27. The molecular formula is C15H22ClN3O3. The van der Waals surface area contributed by atoms with Gasteiger partial charge in [0.15, 0.2) is 0 Å². The second-order valence-corrected chi connectivity index (χ2v) is 5.47. The number of amides is 2. The van der Waals surface area contributed by atoms with Crippen molar-refractivity contribution in [2.24, 2.45) is 5.73 Å². The van der Waals surface area contributed by atoms with Crippen LogP contribution >= 0.6 is 11.6 Å². The number of carbonyl (C=O) groups excluding carboxylic acids is 2. The van der Waals surface area contributed by atoms with E-state index in [1.165, 1.54) is 0 Å². The van der Waals surface area contributed by atoms with E-state index in [9.17, 15) is 9.59 Å². The third kappa shape index (κ3) is 6.32. The lowest BCUT2D eigenvalue weighted by atomic mass is 10.2. The summed E-state index contributed by atoms with van der Waals surface area (Å²) in [5.74, 6) is -0.260. The fraction of sp³-hybridized carbons (Fsp3) is 0.467. The lowest BCUT2D eigenvalue weighted by Crippen LogP contribution is -2.39. The van der Waals surface area contributed by atoms with Crippen molar-refractivity contribution in [1.82, 2.24) is 10.6 Å². The number of nitrogens with two attached hydrogens (primary N) is 1. The third-order valence-corrected chi connectivity index (χ3v) is 2.89. The summed E-state index contributed by atoms with van der Waals surface area (Å²) in [5.41, 5.74) is 5.74. The molecule has 22 heavy (non-hydrogen) atoms. The van der Waals surface area contributed by atoms with E-state index >= 15 is 0 Å². The van der Waals surface area contributed by atoms with Gasteiger partial charge in [0, 0.05) is 11.1 Å². The van der Waals surface area contributed by atoms with Gasteiger partial charge in [-0.15, -0.1) is 0 Å². The minimum Gasteiger partial charge on any atom is -0.493 e. The smallest absolute Gasteiger partial charge is 0.255 e. The molecule has 0 fully saturated rings. The maximum absolute atomic E-state index is 12.2. The van der Waals surface area contributed by atoms with Gasteiger partial charge in [-0.25, -0.2) is 0 Å². The van der Waals surface area contributed by atoms with Crippen molar-refractivity contribution in [3.05, 3.63) is 28.8 Å². The van der Waals surface area contributed by atoms with Crippen LogP contribution in [-0.4, -0.2) is 37.6 Å². The van der Waals surface area contributed by atoms with E-state index in [0.717, 1.165) is 0 Å². The van der Waals surface area contributed by atoms with E-state index in [1.54, 1.807) is 18.2 Å². The van der Waals surface area contributed by atoms with Crippen LogP contribution in [0.15, 0.2) is 18.2 Å². The molecule has 0 radical (unpaired) electrons. The Balaban J connectivity index is 2.69. The van der Waals surface area contributed by atoms with E-state index in [1.807, 2.05) is 13.8 Å². The molecule has 0 atom stereocenters. The Bertz CT molecular complexity index is 521. The zero-order valence-corrected chi connectivity index (χ0v) is 13.6. The Morgan fingerprint density at radius 3 is 2.73 bits per heavy atom. The van der Waals surface area contributed by atoms with Gasteiger partial charge in [0.2, 0.25) is 5.91 Å². The molecule has 0 heterocycles. The SMILES string of the molecule is CC(C)NC(=O)CNC(=O)c1ccc(Cl)cc1OCCCN. The Morgan fingerprint density at radius 1 is 1.36 bits per heavy atom. The Kier molecular flexibility index (Phi) is 7.70. The van der Waals surface area contributed by atoms with Crippen molar-refractivity contribution in [2.75, 3.05) is 19.7 Å². The summed E-state index contributed by atoms with van der Waals surface area (Å²) in [6, 6.07) is 4.76. The Morgan fingerprint density at radius 2 is 2.09 bits per heavy atom. The highest BCUT2D eigenvalue weighted by atomic mass is 35.5. The molecule has 0 aromatic heterocycles. The van der Waals surface area contributed by atoms with Crippen LogP contribution in [0.3, 0.4) is 0 Å². The summed E-state index contributed by atoms with van der Waals surface area (Å²) in [5, 5.41) is 5.72. The summed E-state index contributed by atoms with van der Waals surface area (Å²) in [6.07, 6.45) is 0.671. The van der Waals surface area contributed by atoms with Crippen molar-refractivity contribution >= 4 is 23.4 Å². The van der Waals surface area contributed by atoms with Crippen LogP contribution in [0.1, 0.15) is 30.6 Å². The number of nitrogens with one attached hydrogen (secondary N) is 2. The van der Waals surface area contributed by atoms with E-state index in [2.05, 4.69) is 10.6 Å². The number of benzene rings is 1. The van der Waals surface area contributed by atoms with Crippen LogP contribution in [0.25, 0.3) is 0 Å². The molecule has 0 bridgehead atoms. The normalized spacial score (nSPS) is 10.4. The average Bonchev–Trinajstić information content (AvgIpc) is 2.44. The van der Waals surface area contributed by atoms with Crippen LogP contribution in [0.5, 0.6) is 5.75 Å². The van der Waals surface area contributed by atoms with E-state index in [0.29, 0.717) is 35.9 Å². The van der Waals surface area contributed by atoms with Gasteiger partial charge in [0.05, 0.1) is 18.7 Å². The summed E-state index contributed by atoms with van der Waals surface area (Å²) >= 11 is 5.92. The van der Waals surface area contributed by atoms with Gasteiger partial charge in [-0.2, -0.15) is 0 Å². The lowest BCUT2D eigenvalue weighted by molar-refractivity contribution is -0.120. The largest absolute Gasteiger partial charge is 0.493 e. The molecule has 1 aromatic carbocycles. The van der Waals surface area contributed by atoms with Crippen LogP contribution in [-0.2, 0) is 4.79 Å². The molecule has 1 rings (SSSR count).